The minimum Gasteiger partial charge on any atom is -0.505 e. The Hall–Kier alpha value is -7.64. The second-order valence-corrected chi connectivity index (χ2v) is 13.8. The summed E-state index contributed by atoms with van der Waals surface area (Å²) in [6, 6.07) is 25.1. The molecular weight excluding hydrogens is 785 g/mol. The van der Waals surface area contributed by atoms with Crippen molar-refractivity contribution in [2.75, 3.05) is 39.5 Å². The second kappa shape index (κ2) is 17.7. The van der Waals surface area contributed by atoms with E-state index in [2.05, 4.69) is 36.0 Å². The number of phenols is 1. The first kappa shape index (κ1) is 41.0. The van der Waals surface area contributed by atoms with E-state index in [1.165, 1.54) is 83.0 Å². The molecule has 302 valence electrons. The van der Waals surface area contributed by atoms with Crippen molar-refractivity contribution in [3.05, 3.63) is 108 Å². The monoisotopic (exact) mass is 820 g/mol. The number of carbonyl (C=O) groups is 1. The Morgan fingerprint density at radius 1 is 0.661 bits per heavy atom. The number of aromatic carboxylic acids is 1. The molecule has 59 heavy (non-hydrogen) atoms. The van der Waals surface area contributed by atoms with Crippen molar-refractivity contribution in [3.63, 3.8) is 0 Å². The Balaban J connectivity index is 1.29. The number of nitrogens with two attached hydrogens (primary N) is 1. The van der Waals surface area contributed by atoms with Crippen LogP contribution in [0.4, 0.5) is 45.5 Å². The molecule has 0 atom stereocenters. The number of nitrogens with one attached hydrogen (secondary N) is 1. The topological polar surface area (TPSA) is 261 Å². The summed E-state index contributed by atoms with van der Waals surface area (Å²) in [7, 11) is 0.693. The smallest absolute Gasteiger partial charge is 0.335 e. The maximum absolute atomic E-state index is 12.6. The number of carboxylic acids is 1. The van der Waals surface area contributed by atoms with Crippen LogP contribution in [-0.4, -0.2) is 57.6 Å². The molecule has 19 heteroatoms. The molecule has 0 aliphatic rings. The van der Waals surface area contributed by atoms with Crippen molar-refractivity contribution >= 4 is 72.4 Å². The van der Waals surface area contributed by atoms with E-state index in [0.29, 0.717) is 34.7 Å². The summed E-state index contributed by atoms with van der Waals surface area (Å²) in [5, 5.41) is 49.4. The van der Waals surface area contributed by atoms with Crippen molar-refractivity contribution in [2.45, 2.75) is 11.4 Å². The summed E-state index contributed by atoms with van der Waals surface area (Å²) in [5.41, 5.74) is 8.76. The Labute approximate surface area is 337 Å². The van der Waals surface area contributed by atoms with Crippen LogP contribution >= 0.6 is 0 Å². The fourth-order valence-corrected chi connectivity index (χ4v) is 6.29. The number of phenolic OH excluding ortho intramolecular Hbond substituents is 1. The highest BCUT2D eigenvalue weighted by Crippen LogP contribution is 2.46. The molecule has 0 aliphatic carbocycles. The standard InChI is InChI=1S/C40H36N8O10S/c1-55-33-18-30(34(56-2)17-29(33)44-43-26-11-7-23(8-12-26)40(50)51)45-46-31-19-36(58-4)32(20-35(31)57-3)47-48-38-37(59(52,53)54)16-24-15-27(13-14-28(24)39(38)49)42-21-22-5-9-25(41)10-6-22/h5-20,42,49H,21,41H2,1-4H3,(H,50,51)(H,52,53,54). The molecule has 0 amide bonds. The van der Waals surface area contributed by atoms with Gasteiger partial charge in [0, 0.05) is 47.6 Å². The van der Waals surface area contributed by atoms with Gasteiger partial charge in [-0.25, -0.2) is 4.79 Å². The molecule has 0 radical (unpaired) electrons. The largest absolute Gasteiger partial charge is 0.505 e. The van der Waals surface area contributed by atoms with Crippen LogP contribution in [0.5, 0.6) is 28.7 Å². The van der Waals surface area contributed by atoms with E-state index in [4.69, 9.17) is 29.8 Å². The number of benzene rings is 6. The lowest BCUT2D eigenvalue weighted by Gasteiger charge is -2.12. The summed E-state index contributed by atoms with van der Waals surface area (Å²) < 4.78 is 57.4. The molecule has 6 N–H and O–H groups in total. The predicted molar refractivity (Wildman–Crippen MR) is 219 cm³/mol. The fourth-order valence-electron chi connectivity index (χ4n) is 5.63. The van der Waals surface area contributed by atoms with Gasteiger partial charge in [0.05, 0.1) is 39.7 Å². The number of rotatable bonds is 15. The van der Waals surface area contributed by atoms with Crippen LogP contribution in [0.3, 0.4) is 0 Å². The third kappa shape index (κ3) is 9.50. The molecule has 18 nitrogen and oxygen atoms in total. The van der Waals surface area contributed by atoms with E-state index < -0.39 is 32.4 Å². The van der Waals surface area contributed by atoms with E-state index in [1.54, 1.807) is 30.3 Å². The number of anilines is 2. The van der Waals surface area contributed by atoms with E-state index in [9.17, 15) is 22.9 Å². The van der Waals surface area contributed by atoms with Crippen LogP contribution in [-0.2, 0) is 16.7 Å². The van der Waals surface area contributed by atoms with E-state index in [-0.39, 0.29) is 51.0 Å². The number of azo groups is 3. The summed E-state index contributed by atoms with van der Waals surface area (Å²) in [6.07, 6.45) is 0. The van der Waals surface area contributed by atoms with Crippen LogP contribution in [0.25, 0.3) is 10.8 Å². The Morgan fingerprint density at radius 3 is 1.63 bits per heavy atom. The molecule has 6 aromatic rings. The SMILES string of the molecule is COc1cc(N=Nc2cc(OC)c(N=Nc3c(S(=O)(=O)O)cc4cc(NCc5ccc(N)cc5)ccc4c3O)cc2OC)c(OC)cc1N=Nc1ccc(C(=O)O)cc1. The van der Waals surface area contributed by atoms with Crippen molar-refractivity contribution < 1.29 is 46.9 Å². The number of carboxylic acid groups (broad SMARTS) is 1. The lowest BCUT2D eigenvalue weighted by atomic mass is 10.1. The first-order valence-electron chi connectivity index (χ1n) is 17.3. The first-order valence-corrected chi connectivity index (χ1v) is 18.7. The summed E-state index contributed by atoms with van der Waals surface area (Å²) in [4.78, 5) is 10.5. The maximum atomic E-state index is 12.6. The molecule has 0 heterocycles. The van der Waals surface area contributed by atoms with E-state index in [1.807, 2.05) is 12.1 Å². The number of nitrogen functional groups attached to an aromatic ring is 1. The van der Waals surface area contributed by atoms with Gasteiger partial charge in [0.1, 0.15) is 56.3 Å². The molecule has 0 bridgehead atoms. The third-order valence-corrected chi connectivity index (χ3v) is 9.54. The fraction of sp³-hybridized carbons (Fsp3) is 0.125. The van der Waals surface area contributed by atoms with Crippen LogP contribution in [0.2, 0.25) is 0 Å². The third-order valence-electron chi connectivity index (χ3n) is 8.68. The van der Waals surface area contributed by atoms with Gasteiger partial charge in [-0.1, -0.05) is 12.1 Å². The number of ether oxygens (including phenoxy) is 4. The van der Waals surface area contributed by atoms with Gasteiger partial charge >= 0.3 is 5.97 Å². The molecule has 0 fully saturated rings. The van der Waals surface area contributed by atoms with Gasteiger partial charge in [0.15, 0.2) is 5.75 Å². The lowest BCUT2D eigenvalue weighted by molar-refractivity contribution is 0.0697. The van der Waals surface area contributed by atoms with Crippen LogP contribution in [0, 0.1) is 0 Å². The highest BCUT2D eigenvalue weighted by molar-refractivity contribution is 7.86. The number of hydrogen-bond acceptors (Lipinski definition) is 16. The van der Waals surface area contributed by atoms with E-state index in [0.717, 1.165) is 5.56 Å². The van der Waals surface area contributed by atoms with Gasteiger partial charge < -0.3 is 40.2 Å². The number of methoxy groups -OCH3 is 4. The van der Waals surface area contributed by atoms with E-state index >= 15 is 0 Å². The second-order valence-electron chi connectivity index (χ2n) is 12.4. The first-order chi connectivity index (χ1) is 28.3. The molecule has 0 spiro atoms. The molecule has 0 saturated heterocycles. The minimum absolute atomic E-state index is 0.0536. The molecule has 0 aliphatic heterocycles. The summed E-state index contributed by atoms with van der Waals surface area (Å²) in [6.45, 7) is 0.446. The van der Waals surface area contributed by atoms with Crippen molar-refractivity contribution in [2.24, 2.45) is 30.7 Å². The Morgan fingerprint density at radius 2 is 1.15 bits per heavy atom. The number of hydrogen-bond donors (Lipinski definition) is 5. The zero-order chi connectivity index (χ0) is 42.3. The van der Waals surface area contributed by atoms with Gasteiger partial charge in [0.25, 0.3) is 10.1 Å². The highest BCUT2D eigenvalue weighted by Gasteiger charge is 2.23. The average molecular weight is 821 g/mol. The van der Waals surface area contributed by atoms with Crippen molar-refractivity contribution in [3.8, 4) is 28.7 Å². The zero-order valence-electron chi connectivity index (χ0n) is 31.8. The van der Waals surface area contributed by atoms with Crippen LogP contribution in [0.1, 0.15) is 15.9 Å². The number of nitrogens with zero attached hydrogens (tertiary/aromatic N) is 6. The Kier molecular flexibility index (Phi) is 12.3. The predicted octanol–water partition coefficient (Wildman–Crippen LogP) is 9.97. The number of fused-ring (bicyclic) bond motifs is 1. The summed E-state index contributed by atoms with van der Waals surface area (Å²) >= 11 is 0. The molecular formula is C40H36N8O10S. The van der Waals surface area contributed by atoms with Gasteiger partial charge in [-0.15, -0.1) is 25.6 Å². The van der Waals surface area contributed by atoms with Gasteiger partial charge in [0.2, 0.25) is 0 Å². The molecule has 6 aromatic carbocycles. The van der Waals surface area contributed by atoms with Gasteiger partial charge in [-0.2, -0.15) is 13.5 Å². The van der Waals surface area contributed by atoms with Crippen LogP contribution in [0.15, 0.2) is 133 Å². The minimum atomic E-state index is -4.90. The molecule has 0 aromatic heterocycles. The average Bonchev–Trinajstić information content (AvgIpc) is 3.23. The molecule has 6 rings (SSSR count). The highest BCUT2D eigenvalue weighted by atomic mass is 32.2. The van der Waals surface area contributed by atoms with Crippen molar-refractivity contribution in [1.29, 1.82) is 0 Å². The molecule has 0 unspecified atom stereocenters. The number of aromatic hydroxyl groups is 1. The lowest BCUT2D eigenvalue weighted by Crippen LogP contribution is -2.01. The van der Waals surface area contributed by atoms with Crippen LogP contribution < -0.4 is 30.0 Å². The normalized spacial score (nSPS) is 11.7. The zero-order valence-corrected chi connectivity index (χ0v) is 32.6. The van der Waals surface area contributed by atoms with Crippen molar-refractivity contribution in [1.82, 2.24) is 0 Å². The Bertz CT molecular complexity index is 2740. The van der Waals surface area contributed by atoms with Gasteiger partial charge in [-0.05, 0) is 71.6 Å². The van der Waals surface area contributed by atoms with Gasteiger partial charge in [-0.3, -0.25) is 4.55 Å². The quantitative estimate of drug-likeness (QED) is 0.0368. The summed E-state index contributed by atoms with van der Waals surface area (Å²) in [5.74, 6) is -0.787. The maximum Gasteiger partial charge on any atom is 0.335 e. The molecule has 0 saturated carbocycles.